The van der Waals surface area contributed by atoms with Crippen molar-refractivity contribution in [1.29, 1.82) is 0 Å². The number of ether oxygens (including phenoxy) is 2. The van der Waals surface area contributed by atoms with E-state index < -0.39 is 9.84 Å². The molecule has 3 aromatic rings. The zero-order valence-electron chi connectivity index (χ0n) is 21.1. The van der Waals surface area contributed by atoms with Crippen LogP contribution < -0.4 is 10.5 Å². The Morgan fingerprint density at radius 2 is 1.97 bits per heavy atom. The van der Waals surface area contributed by atoms with E-state index >= 15 is 0 Å². The summed E-state index contributed by atoms with van der Waals surface area (Å²) in [5, 5.41) is 0.875. The van der Waals surface area contributed by atoms with Crippen molar-refractivity contribution in [2.75, 3.05) is 50.1 Å². The molecular weight excluding hydrogens is 490 g/mol. The molecule has 9 nitrogen and oxygen atoms in total. The molecule has 0 bridgehead atoms. The van der Waals surface area contributed by atoms with Gasteiger partial charge in [0.25, 0.3) is 0 Å². The Kier molecular flexibility index (Phi) is 6.81. The zero-order chi connectivity index (χ0) is 25.4. The van der Waals surface area contributed by atoms with E-state index in [0.717, 1.165) is 66.7 Å². The lowest BCUT2D eigenvalue weighted by atomic mass is 9.79. The van der Waals surface area contributed by atoms with Crippen molar-refractivity contribution in [3.8, 4) is 16.9 Å². The lowest BCUT2D eigenvalue weighted by molar-refractivity contribution is -0.0110. The quantitative estimate of drug-likeness (QED) is 0.500. The smallest absolute Gasteiger partial charge is 0.152 e. The van der Waals surface area contributed by atoms with Gasteiger partial charge >= 0.3 is 0 Å². The van der Waals surface area contributed by atoms with E-state index in [1.165, 1.54) is 12.7 Å². The van der Waals surface area contributed by atoms with Crippen LogP contribution in [-0.2, 0) is 14.6 Å². The van der Waals surface area contributed by atoms with Gasteiger partial charge in [0.05, 0.1) is 23.0 Å². The molecule has 2 N–H and O–H groups in total. The standard InChI is InChI=1S/C27H35N5O4S/c28-26-25-24(20-4-3-6-22(14-20)36-17-23-5-1-2-9-35-23)16-32(27(25)30-18-29-26)21-12-19(13-21)15-31-7-10-37(33,34)11-8-31/h3-4,6,14,16,18-19,21,23H,1-2,5,7-13,15,17H2,(H2,28,29,30). The molecule has 1 aliphatic carbocycles. The van der Waals surface area contributed by atoms with Crippen LogP contribution >= 0.6 is 0 Å². The number of rotatable bonds is 7. The molecule has 0 spiro atoms. The Morgan fingerprint density at radius 3 is 2.76 bits per heavy atom. The molecule has 1 saturated carbocycles. The molecule has 0 radical (unpaired) electrons. The number of hydrogen-bond acceptors (Lipinski definition) is 8. The number of aromatic nitrogens is 3. The molecule has 198 valence electrons. The first-order valence-electron chi connectivity index (χ1n) is 13.3. The van der Waals surface area contributed by atoms with E-state index in [0.29, 0.717) is 37.5 Å². The van der Waals surface area contributed by atoms with E-state index in [-0.39, 0.29) is 17.6 Å². The summed E-state index contributed by atoms with van der Waals surface area (Å²) in [5.41, 5.74) is 9.26. The highest BCUT2D eigenvalue weighted by Gasteiger charge is 2.34. The van der Waals surface area contributed by atoms with Crippen LogP contribution in [0, 0.1) is 5.92 Å². The van der Waals surface area contributed by atoms with Crippen LogP contribution in [0.3, 0.4) is 0 Å². The molecule has 4 heterocycles. The summed E-state index contributed by atoms with van der Waals surface area (Å²) in [6, 6.07) is 8.46. The fraction of sp³-hybridized carbons (Fsp3) is 0.556. The Bertz CT molecular complexity index is 1350. The summed E-state index contributed by atoms with van der Waals surface area (Å²) in [4.78, 5) is 11.2. The number of benzene rings is 1. The molecule has 2 aromatic heterocycles. The molecule has 10 heteroatoms. The molecule has 1 unspecified atom stereocenters. The Labute approximate surface area is 217 Å². The van der Waals surface area contributed by atoms with Gasteiger partial charge in [-0.15, -0.1) is 0 Å². The van der Waals surface area contributed by atoms with E-state index in [4.69, 9.17) is 15.2 Å². The van der Waals surface area contributed by atoms with Crippen molar-refractivity contribution in [1.82, 2.24) is 19.4 Å². The molecule has 0 amide bonds. The van der Waals surface area contributed by atoms with Gasteiger partial charge < -0.3 is 24.7 Å². The number of fused-ring (bicyclic) bond motifs is 1. The molecule has 2 aliphatic heterocycles. The average Bonchev–Trinajstić information content (AvgIpc) is 3.27. The van der Waals surface area contributed by atoms with Crippen LogP contribution in [0.4, 0.5) is 5.82 Å². The highest BCUT2D eigenvalue weighted by atomic mass is 32.2. The zero-order valence-corrected chi connectivity index (χ0v) is 21.9. The van der Waals surface area contributed by atoms with E-state index in [1.54, 1.807) is 0 Å². The maximum absolute atomic E-state index is 11.7. The maximum atomic E-state index is 11.7. The largest absolute Gasteiger partial charge is 0.491 e. The van der Waals surface area contributed by atoms with Crippen molar-refractivity contribution < 1.29 is 17.9 Å². The predicted molar refractivity (Wildman–Crippen MR) is 143 cm³/mol. The van der Waals surface area contributed by atoms with Crippen LogP contribution in [-0.4, -0.2) is 78.3 Å². The van der Waals surface area contributed by atoms with Gasteiger partial charge in [-0.1, -0.05) is 12.1 Å². The number of anilines is 1. The van der Waals surface area contributed by atoms with Crippen LogP contribution in [0.15, 0.2) is 36.8 Å². The normalized spacial score (nSPS) is 26.1. The second-order valence-corrected chi connectivity index (χ2v) is 13.0. The van der Waals surface area contributed by atoms with Crippen molar-refractivity contribution in [2.24, 2.45) is 5.92 Å². The van der Waals surface area contributed by atoms with Gasteiger partial charge in [0, 0.05) is 44.0 Å². The highest BCUT2D eigenvalue weighted by molar-refractivity contribution is 7.91. The van der Waals surface area contributed by atoms with Crippen LogP contribution in [0.1, 0.15) is 38.1 Å². The Hall–Kier alpha value is -2.69. The molecule has 3 fully saturated rings. The molecular formula is C27H35N5O4S. The first-order valence-corrected chi connectivity index (χ1v) is 15.2. The summed E-state index contributed by atoms with van der Waals surface area (Å²) < 4.78 is 37.6. The minimum atomic E-state index is -2.85. The first-order chi connectivity index (χ1) is 17.9. The molecule has 37 heavy (non-hydrogen) atoms. The van der Waals surface area contributed by atoms with Crippen molar-refractivity contribution >= 4 is 26.7 Å². The SMILES string of the molecule is Nc1ncnc2c1c(-c1cccc(OCC3CCCCO3)c1)cn2C1CC(CN2CCS(=O)(=O)CC2)C1. The summed E-state index contributed by atoms with van der Waals surface area (Å²) >= 11 is 0. The Morgan fingerprint density at radius 1 is 1.14 bits per heavy atom. The number of nitrogens with zero attached hydrogens (tertiary/aromatic N) is 4. The topological polar surface area (TPSA) is 113 Å². The number of hydrogen-bond donors (Lipinski definition) is 1. The third-order valence-corrected chi connectivity index (χ3v) is 9.66. The van der Waals surface area contributed by atoms with E-state index in [9.17, 15) is 8.42 Å². The second kappa shape index (κ2) is 10.2. The molecule has 6 rings (SSSR count). The minimum Gasteiger partial charge on any atom is -0.491 e. The molecule has 3 aliphatic rings. The van der Waals surface area contributed by atoms with Crippen molar-refractivity contribution in [3.63, 3.8) is 0 Å². The third kappa shape index (κ3) is 5.32. The Balaban J connectivity index is 1.18. The monoisotopic (exact) mass is 525 g/mol. The summed E-state index contributed by atoms with van der Waals surface area (Å²) in [7, 11) is -2.85. The van der Waals surface area contributed by atoms with Gasteiger partial charge in [-0.05, 0) is 55.7 Å². The fourth-order valence-electron chi connectivity index (χ4n) is 5.86. The maximum Gasteiger partial charge on any atom is 0.152 e. The van der Waals surface area contributed by atoms with E-state index in [2.05, 4.69) is 37.8 Å². The first kappa shape index (κ1) is 24.6. The molecule has 1 atom stereocenters. The third-order valence-electron chi connectivity index (χ3n) is 8.05. The van der Waals surface area contributed by atoms with Gasteiger partial charge in [-0.3, -0.25) is 0 Å². The number of nitrogen functional groups attached to an aromatic ring is 1. The van der Waals surface area contributed by atoms with Gasteiger partial charge in [0.1, 0.15) is 30.1 Å². The molecule has 2 saturated heterocycles. The van der Waals surface area contributed by atoms with Crippen LogP contribution in [0.2, 0.25) is 0 Å². The molecule has 1 aromatic carbocycles. The van der Waals surface area contributed by atoms with Crippen molar-refractivity contribution in [2.45, 2.75) is 44.2 Å². The summed E-state index contributed by atoms with van der Waals surface area (Å²) in [6.07, 6.45) is 9.30. The van der Waals surface area contributed by atoms with Gasteiger partial charge in [-0.2, -0.15) is 0 Å². The average molecular weight is 526 g/mol. The second-order valence-electron chi connectivity index (χ2n) is 10.7. The van der Waals surface area contributed by atoms with Gasteiger partial charge in [-0.25, -0.2) is 18.4 Å². The predicted octanol–water partition coefficient (Wildman–Crippen LogP) is 3.31. The van der Waals surface area contributed by atoms with Gasteiger partial charge in [0.15, 0.2) is 9.84 Å². The number of nitrogens with two attached hydrogens (primary N) is 1. The highest BCUT2D eigenvalue weighted by Crippen LogP contribution is 2.43. The number of sulfone groups is 1. The van der Waals surface area contributed by atoms with Crippen LogP contribution in [0.25, 0.3) is 22.2 Å². The summed E-state index contributed by atoms with van der Waals surface area (Å²) in [5.74, 6) is 2.41. The van der Waals surface area contributed by atoms with Gasteiger partial charge in [0.2, 0.25) is 0 Å². The lowest BCUT2D eigenvalue weighted by Gasteiger charge is -2.40. The van der Waals surface area contributed by atoms with E-state index in [1.807, 2.05) is 12.1 Å². The van der Waals surface area contributed by atoms with Crippen LogP contribution in [0.5, 0.6) is 5.75 Å². The fourth-order valence-corrected chi connectivity index (χ4v) is 7.14. The minimum absolute atomic E-state index is 0.157. The summed E-state index contributed by atoms with van der Waals surface area (Å²) in [6.45, 7) is 3.63. The lowest BCUT2D eigenvalue weighted by Crippen LogP contribution is -2.44. The van der Waals surface area contributed by atoms with Crippen molar-refractivity contribution in [3.05, 3.63) is 36.8 Å².